The lowest BCUT2D eigenvalue weighted by Crippen LogP contribution is -2.14. The Labute approximate surface area is 167 Å². The van der Waals surface area contributed by atoms with Gasteiger partial charge in [0.1, 0.15) is 28.3 Å². The molecule has 0 radical (unpaired) electrons. The molecule has 1 unspecified atom stereocenters. The van der Waals surface area contributed by atoms with E-state index in [0.29, 0.717) is 28.1 Å². The van der Waals surface area contributed by atoms with Gasteiger partial charge < -0.3 is 21.9 Å². The van der Waals surface area contributed by atoms with Crippen LogP contribution in [-0.4, -0.2) is 38.6 Å². The largest absolute Gasteiger partial charge is 0.508 e. The van der Waals surface area contributed by atoms with E-state index in [0.717, 1.165) is 25.1 Å². The summed E-state index contributed by atoms with van der Waals surface area (Å²) in [6, 6.07) is 3.39. The Morgan fingerprint density at radius 2 is 2.17 bits per heavy atom. The van der Waals surface area contributed by atoms with Crippen LogP contribution in [0.2, 0.25) is 0 Å². The smallest absolute Gasteiger partial charge is 0.254 e. The SMILES string of the molecule is Cc1ccc(O)c(C)c1-n1c(N)c(C(N)=O)c2nc(C#CC3CCNC3)cnc21. The van der Waals surface area contributed by atoms with Crippen molar-refractivity contribution in [2.24, 2.45) is 11.7 Å². The highest BCUT2D eigenvalue weighted by atomic mass is 16.3. The summed E-state index contributed by atoms with van der Waals surface area (Å²) < 4.78 is 1.62. The minimum atomic E-state index is -0.693. The van der Waals surface area contributed by atoms with Crippen molar-refractivity contribution in [3.63, 3.8) is 0 Å². The average molecular weight is 390 g/mol. The van der Waals surface area contributed by atoms with Crippen LogP contribution in [0.15, 0.2) is 18.3 Å². The number of aromatic nitrogens is 3. The van der Waals surface area contributed by atoms with Crippen LogP contribution in [0.25, 0.3) is 16.9 Å². The molecule has 6 N–H and O–H groups in total. The number of rotatable bonds is 2. The molecule has 8 heteroatoms. The maximum atomic E-state index is 12.2. The summed E-state index contributed by atoms with van der Waals surface area (Å²) in [7, 11) is 0. The van der Waals surface area contributed by atoms with E-state index in [-0.39, 0.29) is 23.0 Å². The van der Waals surface area contributed by atoms with Gasteiger partial charge in [-0.25, -0.2) is 9.97 Å². The fourth-order valence-corrected chi connectivity index (χ4v) is 3.71. The first kappa shape index (κ1) is 18.8. The van der Waals surface area contributed by atoms with Gasteiger partial charge in [-0.1, -0.05) is 12.0 Å². The standard InChI is InChI=1S/C21H22N6O2/c1-11-3-6-15(28)12(2)18(11)27-19(22)16(20(23)29)17-21(27)25-10-14(26-17)5-4-13-7-8-24-9-13/h3,6,10,13,24,28H,7-9,22H2,1-2H3,(H2,23,29). The highest BCUT2D eigenvalue weighted by molar-refractivity contribution is 6.09. The molecule has 3 aromatic rings. The van der Waals surface area contributed by atoms with Crippen molar-refractivity contribution in [3.8, 4) is 23.3 Å². The van der Waals surface area contributed by atoms with Gasteiger partial charge >= 0.3 is 0 Å². The molecule has 1 aromatic carbocycles. The molecule has 0 bridgehead atoms. The third-order valence-electron chi connectivity index (χ3n) is 5.24. The average Bonchev–Trinajstić information content (AvgIpc) is 3.29. The Hall–Kier alpha value is -3.57. The summed E-state index contributed by atoms with van der Waals surface area (Å²) in [5.74, 6) is 6.06. The minimum Gasteiger partial charge on any atom is -0.508 e. The lowest BCUT2D eigenvalue weighted by atomic mass is 10.1. The van der Waals surface area contributed by atoms with Gasteiger partial charge in [-0.3, -0.25) is 9.36 Å². The Morgan fingerprint density at radius 1 is 1.38 bits per heavy atom. The predicted molar refractivity (Wildman–Crippen MR) is 111 cm³/mol. The van der Waals surface area contributed by atoms with Crippen LogP contribution >= 0.6 is 0 Å². The predicted octanol–water partition coefficient (Wildman–Crippen LogP) is 1.39. The van der Waals surface area contributed by atoms with Crippen LogP contribution in [-0.2, 0) is 0 Å². The lowest BCUT2D eigenvalue weighted by molar-refractivity contribution is 0.100. The van der Waals surface area contributed by atoms with Crippen molar-refractivity contribution in [3.05, 3.63) is 40.7 Å². The molecule has 0 saturated carbocycles. The van der Waals surface area contributed by atoms with Crippen LogP contribution in [0.3, 0.4) is 0 Å². The molecule has 1 fully saturated rings. The van der Waals surface area contributed by atoms with E-state index in [2.05, 4.69) is 27.1 Å². The zero-order valence-corrected chi connectivity index (χ0v) is 16.3. The molecule has 29 heavy (non-hydrogen) atoms. The number of nitrogens with one attached hydrogen (secondary N) is 1. The van der Waals surface area contributed by atoms with Gasteiger partial charge in [-0.15, -0.1) is 0 Å². The third kappa shape index (κ3) is 3.15. The molecular weight excluding hydrogens is 368 g/mol. The van der Waals surface area contributed by atoms with Gasteiger partial charge in [0.2, 0.25) is 0 Å². The highest BCUT2D eigenvalue weighted by Crippen LogP contribution is 2.34. The number of nitrogen functional groups attached to an aromatic ring is 1. The summed E-state index contributed by atoms with van der Waals surface area (Å²) in [4.78, 5) is 21.2. The minimum absolute atomic E-state index is 0.0980. The van der Waals surface area contributed by atoms with Gasteiger partial charge in [0.05, 0.1) is 11.9 Å². The van der Waals surface area contributed by atoms with Gasteiger partial charge in [0, 0.05) is 18.0 Å². The Bertz CT molecular complexity index is 1200. The topological polar surface area (TPSA) is 132 Å². The van der Waals surface area contributed by atoms with Gasteiger partial charge in [0.15, 0.2) is 5.65 Å². The quantitative estimate of drug-likeness (QED) is 0.489. The number of primary amides is 1. The number of phenolic OH excluding ortho intramolecular Hbond substituents is 1. The van der Waals surface area contributed by atoms with Crippen LogP contribution in [0, 0.1) is 31.6 Å². The summed E-state index contributed by atoms with van der Waals surface area (Å²) in [5, 5.41) is 13.4. The number of carbonyl (C=O) groups excluding carboxylic acids is 1. The zero-order chi connectivity index (χ0) is 20.7. The Kier molecular flexibility index (Phi) is 4.60. The third-order valence-corrected chi connectivity index (χ3v) is 5.24. The number of amides is 1. The van der Waals surface area contributed by atoms with Crippen LogP contribution in [0.4, 0.5) is 5.82 Å². The van der Waals surface area contributed by atoms with Crippen LogP contribution in [0.1, 0.15) is 33.6 Å². The lowest BCUT2D eigenvalue weighted by Gasteiger charge is -2.15. The van der Waals surface area contributed by atoms with Crippen molar-refractivity contribution >= 4 is 22.9 Å². The molecular formula is C21H22N6O2. The van der Waals surface area contributed by atoms with E-state index in [9.17, 15) is 9.90 Å². The second-order valence-electron chi connectivity index (χ2n) is 7.22. The summed E-state index contributed by atoms with van der Waals surface area (Å²) >= 11 is 0. The number of carbonyl (C=O) groups is 1. The number of nitrogens with zero attached hydrogens (tertiary/aromatic N) is 3. The molecule has 0 spiro atoms. The van der Waals surface area contributed by atoms with Crippen LogP contribution in [0.5, 0.6) is 5.75 Å². The summed E-state index contributed by atoms with van der Waals surface area (Å²) in [6.07, 6.45) is 2.56. The molecule has 4 rings (SSSR count). The first-order valence-electron chi connectivity index (χ1n) is 9.37. The first-order chi connectivity index (χ1) is 13.9. The van der Waals surface area contributed by atoms with Crippen LogP contribution < -0.4 is 16.8 Å². The number of phenols is 1. The summed E-state index contributed by atoms with van der Waals surface area (Å²) in [6.45, 7) is 5.47. The fraction of sp³-hybridized carbons (Fsp3) is 0.286. The monoisotopic (exact) mass is 390 g/mol. The Balaban J connectivity index is 1.94. The van der Waals surface area contributed by atoms with Crippen molar-refractivity contribution in [2.45, 2.75) is 20.3 Å². The fourth-order valence-electron chi connectivity index (χ4n) is 3.71. The molecule has 1 atom stereocenters. The van der Waals surface area contributed by atoms with Gasteiger partial charge in [-0.05, 0) is 44.4 Å². The van der Waals surface area contributed by atoms with Gasteiger partial charge in [-0.2, -0.15) is 0 Å². The van der Waals surface area contributed by atoms with Gasteiger partial charge in [0.25, 0.3) is 5.91 Å². The van der Waals surface area contributed by atoms with E-state index in [1.165, 1.54) is 0 Å². The van der Waals surface area contributed by atoms with E-state index in [4.69, 9.17) is 11.5 Å². The molecule has 2 aromatic heterocycles. The number of hydrogen-bond acceptors (Lipinski definition) is 6. The number of benzene rings is 1. The number of fused-ring (bicyclic) bond motifs is 1. The van der Waals surface area contributed by atoms with Crippen molar-refractivity contribution in [1.29, 1.82) is 0 Å². The van der Waals surface area contributed by atoms with Crippen molar-refractivity contribution < 1.29 is 9.90 Å². The second-order valence-corrected chi connectivity index (χ2v) is 7.22. The number of anilines is 1. The van der Waals surface area contributed by atoms with Crippen molar-refractivity contribution in [1.82, 2.24) is 19.9 Å². The maximum Gasteiger partial charge on any atom is 0.254 e. The molecule has 148 valence electrons. The van der Waals surface area contributed by atoms with E-state index >= 15 is 0 Å². The number of aromatic hydroxyl groups is 1. The van der Waals surface area contributed by atoms with E-state index < -0.39 is 5.91 Å². The molecule has 1 saturated heterocycles. The molecule has 1 aliphatic heterocycles. The number of aryl methyl sites for hydroxylation is 1. The molecule has 3 heterocycles. The van der Waals surface area contributed by atoms with E-state index in [1.54, 1.807) is 29.8 Å². The highest BCUT2D eigenvalue weighted by Gasteiger charge is 2.25. The maximum absolute atomic E-state index is 12.2. The first-order valence-corrected chi connectivity index (χ1v) is 9.37. The second kappa shape index (κ2) is 7.11. The molecule has 1 amide bonds. The molecule has 0 aliphatic carbocycles. The number of hydrogen-bond donors (Lipinski definition) is 4. The summed E-state index contributed by atoms with van der Waals surface area (Å²) in [5.41, 5.74) is 15.3. The normalized spacial score (nSPS) is 16.0. The zero-order valence-electron chi connectivity index (χ0n) is 16.3. The van der Waals surface area contributed by atoms with Crippen molar-refractivity contribution in [2.75, 3.05) is 18.8 Å². The molecule has 8 nitrogen and oxygen atoms in total. The Morgan fingerprint density at radius 3 is 2.86 bits per heavy atom. The number of nitrogens with two attached hydrogens (primary N) is 2. The van der Waals surface area contributed by atoms with E-state index in [1.807, 2.05) is 6.92 Å². The molecule has 1 aliphatic rings.